The molecule has 0 aliphatic heterocycles. The van der Waals surface area contributed by atoms with E-state index in [1.165, 1.54) is 28.7 Å². The number of thioether (sulfide) groups is 1. The average Bonchev–Trinajstić information content (AvgIpc) is 3.52. The highest BCUT2D eigenvalue weighted by atomic mass is 32.2. The van der Waals surface area contributed by atoms with Crippen LogP contribution in [0.2, 0.25) is 0 Å². The number of tetrazole rings is 1. The summed E-state index contributed by atoms with van der Waals surface area (Å²) in [6.45, 7) is 4.29. The molecule has 1 N–H and O–H groups in total. The number of rotatable bonds is 9. The van der Waals surface area contributed by atoms with Gasteiger partial charge in [0.2, 0.25) is 11.1 Å². The Labute approximate surface area is 205 Å². The molecule has 0 spiro atoms. The standard InChI is InChI=1S/C23H24N6O3S2/c1-14(2)15-5-7-16(8-6-15)29-23(26-27-28-29)34-13-21(30)25-22-24-19(12-33-22)18-10-9-17(31-3)11-20(18)32-4/h5-12,14H,13H2,1-4H3,(H,24,25,30). The third kappa shape index (κ3) is 5.37. The maximum atomic E-state index is 12.5. The summed E-state index contributed by atoms with van der Waals surface area (Å²) in [6, 6.07) is 13.6. The fraction of sp³-hybridized carbons (Fsp3) is 0.261. The molecule has 0 atom stereocenters. The molecule has 34 heavy (non-hydrogen) atoms. The SMILES string of the molecule is COc1ccc(-c2csc(NC(=O)CSc3nnnn3-c3ccc(C(C)C)cc3)n2)c(OC)c1. The lowest BCUT2D eigenvalue weighted by atomic mass is 10.0. The highest BCUT2D eigenvalue weighted by Gasteiger charge is 2.15. The molecule has 2 aromatic heterocycles. The molecule has 0 saturated carbocycles. The first-order valence-electron chi connectivity index (χ1n) is 10.5. The van der Waals surface area contributed by atoms with Crippen molar-refractivity contribution in [3.8, 4) is 28.4 Å². The van der Waals surface area contributed by atoms with Crippen molar-refractivity contribution in [3.63, 3.8) is 0 Å². The summed E-state index contributed by atoms with van der Waals surface area (Å²) in [7, 11) is 3.20. The lowest BCUT2D eigenvalue weighted by Gasteiger charge is -2.08. The van der Waals surface area contributed by atoms with Crippen LogP contribution in [-0.4, -0.2) is 51.1 Å². The predicted octanol–water partition coefficient (Wildman–Crippen LogP) is 4.66. The molecular formula is C23H24N6O3S2. The van der Waals surface area contributed by atoms with Crippen molar-refractivity contribution in [2.45, 2.75) is 24.9 Å². The number of thiazole rings is 1. The van der Waals surface area contributed by atoms with Crippen molar-refractivity contribution in [3.05, 3.63) is 53.4 Å². The van der Waals surface area contributed by atoms with Gasteiger partial charge in [0.1, 0.15) is 11.5 Å². The molecule has 0 aliphatic rings. The number of anilines is 1. The number of hydrogen-bond acceptors (Lipinski definition) is 9. The lowest BCUT2D eigenvalue weighted by Crippen LogP contribution is -2.14. The van der Waals surface area contributed by atoms with Crippen LogP contribution in [-0.2, 0) is 4.79 Å². The highest BCUT2D eigenvalue weighted by Crippen LogP contribution is 2.35. The van der Waals surface area contributed by atoms with Crippen molar-refractivity contribution < 1.29 is 14.3 Å². The van der Waals surface area contributed by atoms with E-state index in [4.69, 9.17) is 9.47 Å². The van der Waals surface area contributed by atoms with Crippen LogP contribution in [0.15, 0.2) is 53.0 Å². The van der Waals surface area contributed by atoms with Gasteiger partial charge in [-0.3, -0.25) is 4.79 Å². The van der Waals surface area contributed by atoms with Gasteiger partial charge < -0.3 is 14.8 Å². The number of aromatic nitrogens is 5. The molecule has 4 rings (SSSR count). The number of ether oxygens (including phenoxy) is 2. The Morgan fingerprint density at radius 2 is 1.94 bits per heavy atom. The maximum absolute atomic E-state index is 12.5. The monoisotopic (exact) mass is 496 g/mol. The van der Waals surface area contributed by atoms with E-state index in [0.717, 1.165) is 11.3 Å². The van der Waals surface area contributed by atoms with Crippen LogP contribution in [0.5, 0.6) is 11.5 Å². The normalized spacial score (nSPS) is 11.0. The van der Waals surface area contributed by atoms with Crippen LogP contribution < -0.4 is 14.8 Å². The van der Waals surface area contributed by atoms with E-state index in [9.17, 15) is 4.79 Å². The summed E-state index contributed by atoms with van der Waals surface area (Å²) in [4.78, 5) is 17.1. The highest BCUT2D eigenvalue weighted by molar-refractivity contribution is 7.99. The van der Waals surface area contributed by atoms with Crippen molar-refractivity contribution in [1.29, 1.82) is 0 Å². The molecular weight excluding hydrogens is 472 g/mol. The second-order valence-electron chi connectivity index (χ2n) is 7.56. The molecule has 2 heterocycles. The van der Waals surface area contributed by atoms with Gasteiger partial charge in [-0.25, -0.2) is 4.98 Å². The molecule has 2 aromatic carbocycles. The number of methoxy groups -OCH3 is 2. The van der Waals surface area contributed by atoms with Crippen molar-refractivity contribution in [2.24, 2.45) is 0 Å². The van der Waals surface area contributed by atoms with E-state index in [2.05, 4.69) is 51.8 Å². The molecule has 9 nitrogen and oxygen atoms in total. The zero-order valence-electron chi connectivity index (χ0n) is 19.2. The van der Waals surface area contributed by atoms with Gasteiger partial charge in [0.25, 0.3) is 0 Å². The van der Waals surface area contributed by atoms with E-state index in [0.29, 0.717) is 33.4 Å². The average molecular weight is 497 g/mol. The summed E-state index contributed by atoms with van der Waals surface area (Å²) in [5.41, 5.74) is 3.61. The van der Waals surface area contributed by atoms with Crippen LogP contribution in [0.1, 0.15) is 25.3 Å². The summed E-state index contributed by atoms with van der Waals surface area (Å²) < 4.78 is 12.3. The van der Waals surface area contributed by atoms with Gasteiger partial charge in [-0.2, -0.15) is 4.68 Å². The van der Waals surface area contributed by atoms with E-state index < -0.39 is 0 Å². The van der Waals surface area contributed by atoms with E-state index in [1.807, 2.05) is 29.6 Å². The largest absolute Gasteiger partial charge is 0.497 e. The maximum Gasteiger partial charge on any atom is 0.236 e. The van der Waals surface area contributed by atoms with Crippen LogP contribution in [0, 0.1) is 0 Å². The number of carbonyl (C=O) groups excluding carboxylic acids is 1. The number of amides is 1. The summed E-state index contributed by atoms with van der Waals surface area (Å²) in [6.07, 6.45) is 0. The van der Waals surface area contributed by atoms with Crippen LogP contribution in [0.3, 0.4) is 0 Å². The van der Waals surface area contributed by atoms with Gasteiger partial charge in [0.15, 0.2) is 5.13 Å². The Morgan fingerprint density at radius 1 is 1.15 bits per heavy atom. The smallest absolute Gasteiger partial charge is 0.236 e. The van der Waals surface area contributed by atoms with Gasteiger partial charge >= 0.3 is 0 Å². The topological polar surface area (TPSA) is 104 Å². The number of carbonyl (C=O) groups is 1. The molecule has 0 unspecified atom stereocenters. The molecule has 0 aliphatic carbocycles. The Morgan fingerprint density at radius 3 is 2.65 bits per heavy atom. The molecule has 1 amide bonds. The Hall–Kier alpha value is -3.44. The molecule has 0 radical (unpaired) electrons. The second-order valence-corrected chi connectivity index (χ2v) is 9.36. The minimum absolute atomic E-state index is 0.144. The summed E-state index contributed by atoms with van der Waals surface area (Å²) in [5.74, 6) is 1.73. The first-order chi connectivity index (χ1) is 16.5. The number of nitrogens with one attached hydrogen (secondary N) is 1. The van der Waals surface area contributed by atoms with E-state index >= 15 is 0 Å². The molecule has 176 valence electrons. The van der Waals surface area contributed by atoms with E-state index in [-0.39, 0.29) is 11.7 Å². The van der Waals surface area contributed by atoms with Crippen LogP contribution in [0.4, 0.5) is 5.13 Å². The third-order valence-corrected chi connectivity index (χ3v) is 6.69. The van der Waals surface area contributed by atoms with Gasteiger partial charge in [-0.15, -0.1) is 16.4 Å². The van der Waals surface area contributed by atoms with Crippen LogP contribution in [0.25, 0.3) is 16.9 Å². The fourth-order valence-corrected chi connectivity index (χ4v) is 4.60. The number of benzene rings is 2. The van der Waals surface area contributed by atoms with Crippen molar-refractivity contribution in [1.82, 2.24) is 25.2 Å². The third-order valence-electron chi connectivity index (χ3n) is 5.01. The van der Waals surface area contributed by atoms with Crippen molar-refractivity contribution >= 4 is 34.1 Å². The lowest BCUT2D eigenvalue weighted by molar-refractivity contribution is -0.113. The molecule has 0 fully saturated rings. The summed E-state index contributed by atoms with van der Waals surface area (Å²) >= 11 is 2.60. The Balaban J connectivity index is 1.39. The first-order valence-corrected chi connectivity index (χ1v) is 12.3. The van der Waals surface area contributed by atoms with Crippen LogP contribution >= 0.6 is 23.1 Å². The fourth-order valence-electron chi connectivity index (χ4n) is 3.18. The molecule has 11 heteroatoms. The summed E-state index contributed by atoms with van der Waals surface area (Å²) in [5, 5.41) is 17.6. The zero-order valence-corrected chi connectivity index (χ0v) is 20.8. The number of hydrogen-bond donors (Lipinski definition) is 1. The minimum Gasteiger partial charge on any atom is -0.497 e. The predicted molar refractivity (Wildman–Crippen MR) is 133 cm³/mol. The van der Waals surface area contributed by atoms with E-state index in [1.54, 1.807) is 25.0 Å². The van der Waals surface area contributed by atoms with Gasteiger partial charge in [0.05, 0.1) is 31.4 Å². The molecule has 4 aromatic rings. The molecule has 0 bridgehead atoms. The number of nitrogens with zero attached hydrogens (tertiary/aromatic N) is 5. The Kier molecular flexibility index (Phi) is 7.43. The Bertz CT molecular complexity index is 1270. The van der Waals surface area contributed by atoms with Gasteiger partial charge in [0, 0.05) is 17.0 Å². The molecule has 0 saturated heterocycles. The quantitative estimate of drug-likeness (QED) is 0.334. The van der Waals surface area contributed by atoms with Crippen molar-refractivity contribution in [2.75, 3.05) is 25.3 Å². The second kappa shape index (κ2) is 10.7. The van der Waals surface area contributed by atoms with Gasteiger partial charge in [-0.05, 0) is 46.2 Å². The minimum atomic E-state index is -0.197. The zero-order chi connectivity index (χ0) is 24.1. The first kappa shape index (κ1) is 23.7. The van der Waals surface area contributed by atoms with Gasteiger partial charge in [-0.1, -0.05) is 37.7 Å².